The number of halogens is 1. The van der Waals surface area contributed by atoms with Crippen LogP contribution in [0, 0.1) is 12.7 Å². The third-order valence-corrected chi connectivity index (χ3v) is 5.10. The van der Waals surface area contributed by atoms with Gasteiger partial charge in [0.15, 0.2) is 0 Å². The minimum absolute atomic E-state index is 0.227. The lowest BCUT2D eigenvalue weighted by molar-refractivity contribution is -0.159. The van der Waals surface area contributed by atoms with Gasteiger partial charge in [-0.1, -0.05) is 37.3 Å². The quantitative estimate of drug-likeness (QED) is 0.762. The van der Waals surface area contributed by atoms with Gasteiger partial charge >= 0.3 is 11.8 Å². The standard InChI is InChI=1S/C22H24FN3O3/c1-3-19(20(27)24-18-7-5-4-6-15(18)2)26-13-12-25(21(28)22(26)29)14-16-8-10-17(23)11-9-16/h4-11,19H,3,12-14H2,1-2H3,(H,24,27)/t19-/m1/s1. The van der Waals surface area contributed by atoms with Crippen molar-refractivity contribution < 1.29 is 18.8 Å². The molecule has 1 saturated heterocycles. The second kappa shape index (κ2) is 8.86. The van der Waals surface area contributed by atoms with Gasteiger partial charge in [0.1, 0.15) is 11.9 Å². The van der Waals surface area contributed by atoms with E-state index >= 15 is 0 Å². The molecule has 3 amide bonds. The average molecular weight is 397 g/mol. The van der Waals surface area contributed by atoms with Crippen molar-refractivity contribution in [3.8, 4) is 0 Å². The fourth-order valence-electron chi connectivity index (χ4n) is 3.42. The first-order chi connectivity index (χ1) is 13.9. The Kier molecular flexibility index (Phi) is 6.26. The van der Waals surface area contributed by atoms with E-state index in [0.717, 1.165) is 11.1 Å². The largest absolute Gasteiger partial charge is 0.328 e. The Morgan fingerprint density at radius 2 is 1.76 bits per heavy atom. The zero-order valence-corrected chi connectivity index (χ0v) is 16.5. The molecule has 1 atom stereocenters. The molecule has 0 unspecified atom stereocenters. The smallest absolute Gasteiger partial charge is 0.312 e. The van der Waals surface area contributed by atoms with Crippen LogP contribution in [0.2, 0.25) is 0 Å². The Hall–Kier alpha value is -3.22. The summed E-state index contributed by atoms with van der Waals surface area (Å²) in [6.07, 6.45) is 0.398. The van der Waals surface area contributed by atoms with E-state index in [1.165, 1.54) is 21.9 Å². The molecule has 1 aliphatic rings. The topological polar surface area (TPSA) is 69.7 Å². The number of nitrogens with one attached hydrogen (secondary N) is 1. The molecule has 3 rings (SSSR count). The normalized spacial score (nSPS) is 15.4. The zero-order chi connectivity index (χ0) is 21.0. The van der Waals surface area contributed by atoms with Crippen LogP contribution >= 0.6 is 0 Å². The fraction of sp³-hybridized carbons (Fsp3) is 0.318. The van der Waals surface area contributed by atoms with Gasteiger partial charge in [0, 0.05) is 25.3 Å². The van der Waals surface area contributed by atoms with Crippen molar-refractivity contribution in [2.75, 3.05) is 18.4 Å². The Balaban J connectivity index is 1.68. The molecule has 0 aliphatic carbocycles. The van der Waals surface area contributed by atoms with Gasteiger partial charge in [0.05, 0.1) is 0 Å². The fourth-order valence-corrected chi connectivity index (χ4v) is 3.42. The Bertz CT molecular complexity index is 914. The van der Waals surface area contributed by atoms with Crippen LogP contribution in [0.15, 0.2) is 48.5 Å². The predicted molar refractivity (Wildman–Crippen MR) is 107 cm³/mol. The summed E-state index contributed by atoms with van der Waals surface area (Å²) in [7, 11) is 0. The van der Waals surface area contributed by atoms with Crippen LogP contribution in [0.5, 0.6) is 0 Å². The molecule has 0 spiro atoms. The van der Waals surface area contributed by atoms with E-state index < -0.39 is 17.9 Å². The molecular formula is C22H24FN3O3. The minimum atomic E-state index is -0.723. The molecule has 1 aliphatic heterocycles. The number of anilines is 1. The van der Waals surface area contributed by atoms with Gasteiger partial charge in [0.25, 0.3) is 0 Å². The van der Waals surface area contributed by atoms with Crippen molar-refractivity contribution in [3.05, 3.63) is 65.5 Å². The lowest BCUT2D eigenvalue weighted by atomic mass is 10.1. The number of aryl methyl sites for hydroxylation is 1. The van der Waals surface area contributed by atoms with Gasteiger partial charge in [0.2, 0.25) is 5.91 Å². The summed E-state index contributed by atoms with van der Waals surface area (Å²) in [5.41, 5.74) is 2.34. The number of carbonyl (C=O) groups is 3. The molecule has 0 aromatic heterocycles. The number of amides is 3. The van der Waals surface area contributed by atoms with Crippen LogP contribution in [0.1, 0.15) is 24.5 Å². The number of benzene rings is 2. The number of hydrogen-bond acceptors (Lipinski definition) is 3. The molecule has 152 valence electrons. The lowest BCUT2D eigenvalue weighted by Crippen LogP contribution is -2.59. The van der Waals surface area contributed by atoms with Crippen molar-refractivity contribution in [1.29, 1.82) is 0 Å². The molecule has 2 aromatic carbocycles. The highest BCUT2D eigenvalue weighted by Gasteiger charge is 2.38. The van der Waals surface area contributed by atoms with E-state index in [0.29, 0.717) is 18.7 Å². The summed E-state index contributed by atoms with van der Waals surface area (Å²) in [4.78, 5) is 40.8. The second-order valence-electron chi connectivity index (χ2n) is 7.08. The summed E-state index contributed by atoms with van der Waals surface area (Å²) in [6.45, 7) is 4.51. The summed E-state index contributed by atoms with van der Waals surface area (Å²) in [5.74, 6) is -2.01. The van der Waals surface area contributed by atoms with Crippen molar-refractivity contribution in [2.24, 2.45) is 0 Å². The monoisotopic (exact) mass is 397 g/mol. The average Bonchev–Trinajstić information content (AvgIpc) is 2.71. The first-order valence-electron chi connectivity index (χ1n) is 9.61. The summed E-state index contributed by atoms with van der Waals surface area (Å²) >= 11 is 0. The van der Waals surface area contributed by atoms with Crippen LogP contribution < -0.4 is 5.32 Å². The number of piperazine rings is 1. The summed E-state index contributed by atoms with van der Waals surface area (Å²) in [5, 5.41) is 2.86. The summed E-state index contributed by atoms with van der Waals surface area (Å²) in [6, 6.07) is 12.5. The number of nitrogens with zero attached hydrogens (tertiary/aromatic N) is 2. The van der Waals surface area contributed by atoms with Gasteiger partial charge in [-0.25, -0.2) is 4.39 Å². The highest BCUT2D eigenvalue weighted by Crippen LogP contribution is 2.18. The molecule has 1 heterocycles. The molecule has 2 aromatic rings. The zero-order valence-electron chi connectivity index (χ0n) is 16.5. The first kappa shape index (κ1) is 20.5. The highest BCUT2D eigenvalue weighted by atomic mass is 19.1. The van der Waals surface area contributed by atoms with E-state index in [4.69, 9.17) is 0 Å². The molecule has 0 saturated carbocycles. The number of hydrogen-bond donors (Lipinski definition) is 1. The number of carbonyl (C=O) groups excluding carboxylic acids is 3. The minimum Gasteiger partial charge on any atom is -0.328 e. The lowest BCUT2D eigenvalue weighted by Gasteiger charge is -2.37. The predicted octanol–water partition coefficient (Wildman–Crippen LogP) is 2.72. The third kappa shape index (κ3) is 4.62. The van der Waals surface area contributed by atoms with Crippen molar-refractivity contribution >= 4 is 23.4 Å². The molecule has 29 heavy (non-hydrogen) atoms. The summed E-state index contributed by atoms with van der Waals surface area (Å²) < 4.78 is 13.1. The van der Waals surface area contributed by atoms with Crippen LogP contribution in [-0.4, -0.2) is 46.7 Å². The van der Waals surface area contributed by atoms with E-state index in [1.54, 1.807) is 18.2 Å². The first-order valence-corrected chi connectivity index (χ1v) is 9.61. The maximum Gasteiger partial charge on any atom is 0.312 e. The molecule has 6 nitrogen and oxygen atoms in total. The second-order valence-corrected chi connectivity index (χ2v) is 7.08. The molecule has 0 radical (unpaired) electrons. The number of para-hydroxylation sites is 1. The van der Waals surface area contributed by atoms with Crippen LogP contribution in [0.3, 0.4) is 0 Å². The third-order valence-electron chi connectivity index (χ3n) is 5.10. The van der Waals surface area contributed by atoms with E-state index in [1.807, 2.05) is 32.0 Å². The molecule has 7 heteroatoms. The maximum absolute atomic E-state index is 13.1. The highest BCUT2D eigenvalue weighted by molar-refractivity contribution is 6.35. The van der Waals surface area contributed by atoms with Gasteiger partial charge < -0.3 is 15.1 Å². The molecule has 0 bridgehead atoms. The maximum atomic E-state index is 13.1. The Morgan fingerprint density at radius 3 is 2.41 bits per heavy atom. The van der Waals surface area contributed by atoms with Crippen molar-refractivity contribution in [3.63, 3.8) is 0 Å². The van der Waals surface area contributed by atoms with Crippen LogP contribution in [0.4, 0.5) is 10.1 Å². The Labute approximate surface area is 169 Å². The van der Waals surface area contributed by atoms with Gasteiger partial charge in [-0.3, -0.25) is 14.4 Å². The Morgan fingerprint density at radius 1 is 1.07 bits per heavy atom. The van der Waals surface area contributed by atoms with Crippen molar-refractivity contribution in [2.45, 2.75) is 32.9 Å². The van der Waals surface area contributed by atoms with Gasteiger partial charge in [-0.2, -0.15) is 0 Å². The van der Waals surface area contributed by atoms with Crippen LogP contribution in [-0.2, 0) is 20.9 Å². The number of rotatable bonds is 6. The molecule has 1 fully saturated rings. The molecule has 1 N–H and O–H groups in total. The van der Waals surface area contributed by atoms with E-state index in [2.05, 4.69) is 5.32 Å². The van der Waals surface area contributed by atoms with Gasteiger partial charge in [-0.15, -0.1) is 0 Å². The van der Waals surface area contributed by atoms with E-state index in [9.17, 15) is 18.8 Å². The van der Waals surface area contributed by atoms with Crippen molar-refractivity contribution in [1.82, 2.24) is 9.80 Å². The van der Waals surface area contributed by atoms with Crippen LogP contribution in [0.25, 0.3) is 0 Å². The molecular weight excluding hydrogens is 373 g/mol. The SMILES string of the molecule is CC[C@H](C(=O)Nc1ccccc1C)N1CCN(Cc2ccc(F)cc2)C(=O)C1=O. The van der Waals surface area contributed by atoms with E-state index in [-0.39, 0.29) is 24.8 Å². The van der Waals surface area contributed by atoms with Gasteiger partial charge in [-0.05, 0) is 42.7 Å².